The van der Waals surface area contributed by atoms with Gasteiger partial charge in [-0.15, -0.1) is 0 Å². The highest BCUT2D eigenvalue weighted by Gasteiger charge is 2.07. The van der Waals surface area contributed by atoms with E-state index in [0.717, 1.165) is 11.1 Å². The SMILES string of the molecule is Cc1ccc(C(=O)Cc2ccc(C(C)C)cc2)cc1. The van der Waals surface area contributed by atoms with Gasteiger partial charge < -0.3 is 0 Å². The van der Waals surface area contributed by atoms with Gasteiger partial charge in [0.1, 0.15) is 0 Å². The molecule has 0 unspecified atom stereocenters. The average molecular weight is 252 g/mol. The van der Waals surface area contributed by atoms with Gasteiger partial charge in [0, 0.05) is 12.0 Å². The van der Waals surface area contributed by atoms with Crippen molar-refractivity contribution >= 4 is 5.78 Å². The lowest BCUT2D eigenvalue weighted by atomic mass is 9.98. The van der Waals surface area contributed by atoms with Crippen LogP contribution in [0.15, 0.2) is 48.5 Å². The van der Waals surface area contributed by atoms with E-state index >= 15 is 0 Å². The van der Waals surface area contributed by atoms with Crippen molar-refractivity contribution in [1.82, 2.24) is 0 Å². The maximum absolute atomic E-state index is 12.1. The van der Waals surface area contributed by atoms with Crippen LogP contribution in [-0.4, -0.2) is 5.78 Å². The minimum Gasteiger partial charge on any atom is -0.294 e. The molecule has 0 aliphatic carbocycles. The first-order valence-corrected chi connectivity index (χ1v) is 6.75. The van der Waals surface area contributed by atoms with Crippen LogP contribution in [0.5, 0.6) is 0 Å². The molecular formula is C18H20O. The summed E-state index contributed by atoms with van der Waals surface area (Å²) in [5.41, 5.74) is 4.36. The Labute approximate surface area is 115 Å². The van der Waals surface area contributed by atoms with E-state index in [9.17, 15) is 4.79 Å². The van der Waals surface area contributed by atoms with Gasteiger partial charge in [-0.1, -0.05) is 67.9 Å². The van der Waals surface area contributed by atoms with E-state index in [4.69, 9.17) is 0 Å². The van der Waals surface area contributed by atoms with Crippen LogP contribution in [0.25, 0.3) is 0 Å². The van der Waals surface area contributed by atoms with Gasteiger partial charge in [0.15, 0.2) is 5.78 Å². The van der Waals surface area contributed by atoms with E-state index in [1.165, 1.54) is 11.1 Å². The molecule has 0 heterocycles. The van der Waals surface area contributed by atoms with Gasteiger partial charge in [-0.25, -0.2) is 0 Å². The minimum absolute atomic E-state index is 0.178. The molecule has 0 amide bonds. The van der Waals surface area contributed by atoms with Crippen molar-refractivity contribution < 1.29 is 4.79 Å². The topological polar surface area (TPSA) is 17.1 Å². The zero-order valence-corrected chi connectivity index (χ0v) is 11.8. The number of Topliss-reactive ketones (excluding diaryl/α,β-unsaturated/α-hetero) is 1. The summed E-state index contributed by atoms with van der Waals surface area (Å²) < 4.78 is 0. The van der Waals surface area contributed by atoms with E-state index in [-0.39, 0.29) is 5.78 Å². The summed E-state index contributed by atoms with van der Waals surface area (Å²) in [7, 11) is 0. The molecule has 2 rings (SSSR count). The van der Waals surface area contributed by atoms with E-state index in [2.05, 4.69) is 38.1 Å². The maximum Gasteiger partial charge on any atom is 0.167 e. The highest BCUT2D eigenvalue weighted by Crippen LogP contribution is 2.16. The van der Waals surface area contributed by atoms with Gasteiger partial charge in [-0.05, 0) is 24.0 Å². The lowest BCUT2D eigenvalue weighted by molar-refractivity contribution is 0.0993. The largest absolute Gasteiger partial charge is 0.294 e. The molecule has 2 aromatic carbocycles. The molecule has 19 heavy (non-hydrogen) atoms. The Bertz CT molecular complexity index is 547. The molecule has 2 aromatic rings. The molecular weight excluding hydrogens is 232 g/mol. The molecule has 0 atom stereocenters. The summed E-state index contributed by atoms with van der Waals surface area (Å²) >= 11 is 0. The Morgan fingerprint density at radius 3 is 2.05 bits per heavy atom. The predicted octanol–water partition coefficient (Wildman–Crippen LogP) is 4.54. The molecule has 0 saturated carbocycles. The maximum atomic E-state index is 12.1. The fraction of sp³-hybridized carbons (Fsp3) is 0.278. The monoisotopic (exact) mass is 252 g/mol. The van der Waals surface area contributed by atoms with Crippen LogP contribution >= 0.6 is 0 Å². The third-order valence-corrected chi connectivity index (χ3v) is 3.38. The van der Waals surface area contributed by atoms with Gasteiger partial charge in [0.05, 0.1) is 0 Å². The highest BCUT2D eigenvalue weighted by molar-refractivity contribution is 5.97. The van der Waals surface area contributed by atoms with Crippen molar-refractivity contribution in [3.8, 4) is 0 Å². The Morgan fingerprint density at radius 1 is 0.947 bits per heavy atom. The van der Waals surface area contributed by atoms with Crippen molar-refractivity contribution in [1.29, 1.82) is 0 Å². The molecule has 0 spiro atoms. The second-order valence-corrected chi connectivity index (χ2v) is 5.36. The lowest BCUT2D eigenvalue weighted by Crippen LogP contribution is -2.03. The first kappa shape index (κ1) is 13.5. The first-order chi connectivity index (χ1) is 9.06. The molecule has 0 saturated heterocycles. The first-order valence-electron chi connectivity index (χ1n) is 6.75. The lowest BCUT2D eigenvalue weighted by Gasteiger charge is -2.07. The van der Waals surface area contributed by atoms with Crippen LogP contribution in [-0.2, 0) is 6.42 Å². The Kier molecular flexibility index (Phi) is 4.16. The van der Waals surface area contributed by atoms with Gasteiger partial charge in [-0.3, -0.25) is 4.79 Å². The number of rotatable bonds is 4. The van der Waals surface area contributed by atoms with Crippen LogP contribution in [0.3, 0.4) is 0 Å². The second-order valence-electron chi connectivity index (χ2n) is 5.36. The van der Waals surface area contributed by atoms with E-state index in [1.807, 2.05) is 31.2 Å². The molecule has 0 aromatic heterocycles. The minimum atomic E-state index is 0.178. The fourth-order valence-electron chi connectivity index (χ4n) is 2.05. The number of hydrogen-bond donors (Lipinski definition) is 0. The van der Waals surface area contributed by atoms with E-state index in [1.54, 1.807) is 0 Å². The van der Waals surface area contributed by atoms with Crippen molar-refractivity contribution in [2.45, 2.75) is 33.1 Å². The summed E-state index contributed by atoms with van der Waals surface area (Å²) in [5, 5.41) is 0. The van der Waals surface area contributed by atoms with Crippen molar-refractivity contribution in [3.05, 3.63) is 70.8 Å². The van der Waals surface area contributed by atoms with Crippen LogP contribution < -0.4 is 0 Å². The highest BCUT2D eigenvalue weighted by atomic mass is 16.1. The summed E-state index contributed by atoms with van der Waals surface area (Å²) in [6.45, 7) is 6.37. The third kappa shape index (κ3) is 3.54. The number of carbonyl (C=O) groups is 1. The number of aryl methyl sites for hydroxylation is 1. The predicted molar refractivity (Wildman–Crippen MR) is 79.7 cm³/mol. The van der Waals surface area contributed by atoms with E-state index in [0.29, 0.717) is 12.3 Å². The molecule has 0 fully saturated rings. The molecule has 0 aliphatic rings. The smallest absolute Gasteiger partial charge is 0.167 e. The van der Waals surface area contributed by atoms with Gasteiger partial charge >= 0.3 is 0 Å². The molecule has 0 aliphatic heterocycles. The molecule has 0 radical (unpaired) electrons. The zero-order valence-electron chi connectivity index (χ0n) is 11.8. The number of carbonyl (C=O) groups excluding carboxylic acids is 1. The standard InChI is InChI=1S/C18H20O/c1-13(2)16-10-6-15(7-11-16)12-18(19)17-8-4-14(3)5-9-17/h4-11,13H,12H2,1-3H3. The Hall–Kier alpha value is -1.89. The number of benzene rings is 2. The van der Waals surface area contributed by atoms with Crippen LogP contribution in [0.4, 0.5) is 0 Å². The quantitative estimate of drug-likeness (QED) is 0.730. The van der Waals surface area contributed by atoms with Gasteiger partial charge in [-0.2, -0.15) is 0 Å². The Balaban J connectivity index is 2.08. The number of hydrogen-bond acceptors (Lipinski definition) is 1. The molecule has 0 bridgehead atoms. The summed E-state index contributed by atoms with van der Waals surface area (Å²) in [6.07, 6.45) is 0.474. The van der Waals surface area contributed by atoms with Crippen LogP contribution in [0, 0.1) is 6.92 Å². The Morgan fingerprint density at radius 2 is 1.53 bits per heavy atom. The van der Waals surface area contributed by atoms with Crippen molar-refractivity contribution in [3.63, 3.8) is 0 Å². The average Bonchev–Trinajstić information content (AvgIpc) is 2.40. The van der Waals surface area contributed by atoms with Gasteiger partial charge in [0.2, 0.25) is 0 Å². The van der Waals surface area contributed by atoms with Crippen LogP contribution in [0.2, 0.25) is 0 Å². The van der Waals surface area contributed by atoms with E-state index < -0.39 is 0 Å². The summed E-state index contributed by atoms with van der Waals surface area (Å²) in [5.74, 6) is 0.708. The fourth-order valence-corrected chi connectivity index (χ4v) is 2.05. The third-order valence-electron chi connectivity index (χ3n) is 3.38. The second kappa shape index (κ2) is 5.83. The number of ketones is 1. The zero-order chi connectivity index (χ0) is 13.8. The van der Waals surface area contributed by atoms with Gasteiger partial charge in [0.25, 0.3) is 0 Å². The molecule has 1 nitrogen and oxygen atoms in total. The molecule has 98 valence electrons. The van der Waals surface area contributed by atoms with Crippen LogP contribution in [0.1, 0.15) is 46.8 Å². The molecule has 1 heteroatoms. The normalized spacial score (nSPS) is 10.7. The van der Waals surface area contributed by atoms with Crippen molar-refractivity contribution in [2.24, 2.45) is 0 Å². The van der Waals surface area contributed by atoms with Crippen molar-refractivity contribution in [2.75, 3.05) is 0 Å². The summed E-state index contributed by atoms with van der Waals surface area (Å²) in [4.78, 5) is 12.1. The summed E-state index contributed by atoms with van der Waals surface area (Å²) in [6, 6.07) is 16.1. The molecule has 0 N–H and O–H groups in total.